The van der Waals surface area contributed by atoms with E-state index in [4.69, 9.17) is 0 Å². The molecule has 0 aromatic heterocycles. The summed E-state index contributed by atoms with van der Waals surface area (Å²) in [5.74, 6) is -1.22. The Bertz CT molecular complexity index is 1030. The second-order valence-electron chi connectivity index (χ2n) is 10.9. The predicted molar refractivity (Wildman–Crippen MR) is 165 cm³/mol. The minimum atomic E-state index is -0.830. The monoisotopic (exact) mass is 586 g/mol. The quantitative estimate of drug-likeness (QED) is 0.141. The second-order valence-corrected chi connectivity index (χ2v) is 13.2. The van der Waals surface area contributed by atoms with E-state index in [1.165, 1.54) is 0 Å². The van der Waals surface area contributed by atoms with Gasteiger partial charge in [0.25, 0.3) is 0 Å². The molecule has 0 heterocycles. The van der Waals surface area contributed by atoms with Crippen LogP contribution >= 0.6 is 25.3 Å². The summed E-state index contributed by atoms with van der Waals surface area (Å²) in [4.78, 5) is 50.9. The number of carbonyl (C=O) groups is 4. The zero-order valence-corrected chi connectivity index (χ0v) is 25.5. The van der Waals surface area contributed by atoms with Crippen LogP contribution < -0.4 is 21.3 Å². The molecule has 2 unspecified atom stereocenters. The van der Waals surface area contributed by atoms with Gasteiger partial charge in [-0.15, -0.1) is 0 Å². The predicted octanol–water partition coefficient (Wildman–Crippen LogP) is 3.57. The molecule has 0 bridgehead atoms. The van der Waals surface area contributed by atoms with Gasteiger partial charge < -0.3 is 21.3 Å². The Morgan fingerprint density at radius 2 is 0.950 bits per heavy atom. The summed E-state index contributed by atoms with van der Waals surface area (Å²) in [5, 5.41) is 11.3. The Kier molecular flexibility index (Phi) is 13.1. The first-order chi connectivity index (χ1) is 18.8. The van der Waals surface area contributed by atoms with E-state index in [-0.39, 0.29) is 36.5 Å². The second kappa shape index (κ2) is 15.7. The summed E-state index contributed by atoms with van der Waals surface area (Å²) in [5.41, 5.74) is 1.90. The smallest absolute Gasteiger partial charge is 0.244 e. The van der Waals surface area contributed by atoms with E-state index < -0.39 is 21.6 Å². The van der Waals surface area contributed by atoms with Gasteiger partial charge in [-0.1, -0.05) is 60.7 Å². The largest absolute Gasteiger partial charge is 0.350 e. The Hall–Kier alpha value is -2.98. The average molecular weight is 587 g/mol. The molecule has 2 aromatic carbocycles. The zero-order chi connectivity index (χ0) is 29.8. The van der Waals surface area contributed by atoms with E-state index in [1.807, 2.05) is 60.7 Å². The number of hydrogen-bond acceptors (Lipinski definition) is 6. The van der Waals surface area contributed by atoms with Crippen LogP contribution in [0.2, 0.25) is 0 Å². The summed E-state index contributed by atoms with van der Waals surface area (Å²) in [6, 6.07) is 17.3. The van der Waals surface area contributed by atoms with Gasteiger partial charge in [-0.05, 0) is 51.7 Å². The summed E-state index contributed by atoms with van der Waals surface area (Å²) in [6.45, 7) is 7.76. The maximum atomic E-state index is 12.8. The van der Waals surface area contributed by atoms with E-state index in [2.05, 4.69) is 46.5 Å². The lowest BCUT2D eigenvalue weighted by Crippen LogP contribution is -2.55. The first kappa shape index (κ1) is 33.2. The molecule has 0 spiro atoms. The molecule has 218 valence electrons. The molecule has 4 amide bonds. The lowest BCUT2D eigenvalue weighted by molar-refractivity contribution is -0.130. The molecule has 4 N–H and O–H groups in total. The van der Waals surface area contributed by atoms with Crippen LogP contribution in [0.5, 0.6) is 0 Å². The highest BCUT2D eigenvalue weighted by Gasteiger charge is 2.34. The fraction of sp³-hybridized carbons (Fsp3) is 0.467. The van der Waals surface area contributed by atoms with Gasteiger partial charge in [0.15, 0.2) is 0 Å². The number of benzene rings is 2. The lowest BCUT2D eigenvalue weighted by Gasteiger charge is -2.30. The average Bonchev–Trinajstić information content (AvgIpc) is 2.90. The van der Waals surface area contributed by atoms with Gasteiger partial charge >= 0.3 is 0 Å². The molecule has 40 heavy (non-hydrogen) atoms. The number of thiol groups is 2. The SMILES string of the molecule is CC(C)(S)C(NC(=O)CCCCC(=O)NC(C(=O)NCc1ccccc1)C(C)(C)S)C(=O)NCc1ccccc1. The molecular weight excluding hydrogens is 544 g/mol. The van der Waals surface area contributed by atoms with Gasteiger partial charge in [-0.2, -0.15) is 25.3 Å². The van der Waals surface area contributed by atoms with E-state index >= 15 is 0 Å². The number of nitrogens with one attached hydrogen (secondary N) is 4. The Balaban J connectivity index is 1.79. The molecule has 2 rings (SSSR count). The summed E-state index contributed by atoms with van der Waals surface area (Å²) < 4.78 is -1.57. The third-order valence-electron chi connectivity index (χ3n) is 6.22. The van der Waals surface area contributed by atoms with Crippen LogP contribution in [0.1, 0.15) is 64.5 Å². The summed E-state index contributed by atoms with van der Waals surface area (Å²) in [7, 11) is 0. The van der Waals surface area contributed by atoms with E-state index in [1.54, 1.807) is 27.7 Å². The topological polar surface area (TPSA) is 116 Å². The van der Waals surface area contributed by atoms with E-state index in [0.29, 0.717) is 25.9 Å². The molecule has 10 heteroatoms. The van der Waals surface area contributed by atoms with Crippen molar-refractivity contribution in [1.82, 2.24) is 21.3 Å². The highest BCUT2D eigenvalue weighted by molar-refractivity contribution is 7.82. The van der Waals surface area contributed by atoms with Crippen LogP contribution in [0.4, 0.5) is 0 Å². The van der Waals surface area contributed by atoms with Gasteiger partial charge in [0.1, 0.15) is 12.1 Å². The van der Waals surface area contributed by atoms with Crippen LogP contribution in [0.3, 0.4) is 0 Å². The maximum absolute atomic E-state index is 12.8. The first-order valence-electron chi connectivity index (χ1n) is 13.4. The van der Waals surface area contributed by atoms with Crippen LogP contribution in [0.25, 0.3) is 0 Å². The maximum Gasteiger partial charge on any atom is 0.244 e. The number of unbranched alkanes of at least 4 members (excludes halogenated alkanes) is 1. The highest BCUT2D eigenvalue weighted by atomic mass is 32.1. The molecule has 0 aliphatic rings. The number of hydrogen-bond donors (Lipinski definition) is 6. The van der Waals surface area contributed by atoms with Crippen molar-refractivity contribution < 1.29 is 19.2 Å². The van der Waals surface area contributed by atoms with E-state index in [0.717, 1.165) is 11.1 Å². The Labute approximate surface area is 248 Å². The normalized spacial score (nSPS) is 13.1. The highest BCUT2D eigenvalue weighted by Crippen LogP contribution is 2.20. The fourth-order valence-corrected chi connectivity index (χ4v) is 4.30. The van der Waals surface area contributed by atoms with Gasteiger partial charge in [0, 0.05) is 35.4 Å². The van der Waals surface area contributed by atoms with Crippen LogP contribution in [0, 0.1) is 0 Å². The lowest BCUT2D eigenvalue weighted by atomic mass is 10.0. The first-order valence-corrected chi connectivity index (χ1v) is 14.3. The number of amides is 4. The van der Waals surface area contributed by atoms with E-state index in [9.17, 15) is 19.2 Å². The van der Waals surface area contributed by atoms with Crippen molar-refractivity contribution in [2.45, 2.75) is 88.0 Å². The van der Waals surface area contributed by atoms with Crippen molar-refractivity contribution in [2.75, 3.05) is 0 Å². The van der Waals surface area contributed by atoms with Crippen molar-refractivity contribution in [3.63, 3.8) is 0 Å². The van der Waals surface area contributed by atoms with Gasteiger partial charge in [0.05, 0.1) is 0 Å². The molecule has 0 saturated heterocycles. The molecule has 0 aliphatic heterocycles. The molecule has 0 fully saturated rings. The van der Waals surface area contributed by atoms with Crippen molar-refractivity contribution in [1.29, 1.82) is 0 Å². The third kappa shape index (κ3) is 12.0. The van der Waals surface area contributed by atoms with Crippen LogP contribution in [-0.4, -0.2) is 45.2 Å². The zero-order valence-electron chi connectivity index (χ0n) is 23.7. The number of carbonyl (C=O) groups excluding carboxylic acids is 4. The van der Waals surface area contributed by atoms with Gasteiger partial charge in [0.2, 0.25) is 23.6 Å². The van der Waals surface area contributed by atoms with Crippen molar-refractivity contribution >= 4 is 48.9 Å². The Morgan fingerprint density at radius 1 is 0.625 bits per heavy atom. The Morgan fingerprint density at radius 3 is 1.25 bits per heavy atom. The molecule has 2 aromatic rings. The fourth-order valence-electron chi connectivity index (χ4n) is 3.94. The summed E-state index contributed by atoms with van der Waals surface area (Å²) >= 11 is 9.04. The third-order valence-corrected chi connectivity index (χ3v) is 6.74. The molecule has 8 nitrogen and oxygen atoms in total. The van der Waals surface area contributed by atoms with Crippen molar-refractivity contribution in [3.05, 3.63) is 71.8 Å². The molecule has 0 radical (unpaired) electrons. The molecule has 0 saturated carbocycles. The van der Waals surface area contributed by atoms with Gasteiger partial charge in [-0.25, -0.2) is 0 Å². The molecular formula is C30H42N4O4S2. The molecule has 0 aliphatic carbocycles. The van der Waals surface area contributed by atoms with Crippen molar-refractivity contribution in [3.8, 4) is 0 Å². The van der Waals surface area contributed by atoms with Crippen LogP contribution in [0.15, 0.2) is 60.7 Å². The summed E-state index contributed by atoms with van der Waals surface area (Å²) in [6.07, 6.45) is 1.19. The van der Waals surface area contributed by atoms with Gasteiger partial charge in [-0.3, -0.25) is 19.2 Å². The van der Waals surface area contributed by atoms with Crippen molar-refractivity contribution in [2.24, 2.45) is 0 Å². The standard InChI is InChI=1S/C30H42N4O4S2/c1-29(2,39)25(27(37)31-19-21-13-7-5-8-14-21)33-23(35)17-11-12-18-24(36)34-26(30(3,4)40)28(38)32-20-22-15-9-6-10-16-22/h5-10,13-16,25-26,39-40H,11-12,17-20H2,1-4H3,(H,31,37)(H,32,38)(H,33,35)(H,34,36). The molecule has 2 atom stereocenters. The minimum Gasteiger partial charge on any atom is -0.350 e. The van der Waals surface area contributed by atoms with Crippen LogP contribution in [-0.2, 0) is 32.3 Å². The number of rotatable bonds is 15. The minimum absolute atomic E-state index is 0.151.